The first kappa shape index (κ1) is 16.1. The van der Waals surface area contributed by atoms with Crippen molar-refractivity contribution in [1.82, 2.24) is 4.72 Å². The van der Waals surface area contributed by atoms with Crippen LogP contribution >= 0.6 is 0 Å². The summed E-state index contributed by atoms with van der Waals surface area (Å²) in [6.07, 6.45) is -0.137. The molecule has 0 amide bonds. The van der Waals surface area contributed by atoms with Crippen LogP contribution in [0.2, 0.25) is 0 Å². The highest BCUT2D eigenvalue weighted by Crippen LogP contribution is 2.21. The zero-order chi connectivity index (χ0) is 14.7. The third kappa shape index (κ3) is 4.93. The van der Waals surface area contributed by atoms with Crippen LogP contribution < -0.4 is 4.72 Å². The van der Waals surface area contributed by atoms with E-state index in [4.69, 9.17) is 0 Å². The predicted molar refractivity (Wildman–Crippen MR) is 76.4 cm³/mol. The Hall–Kier alpha value is -0.910. The van der Waals surface area contributed by atoms with Gasteiger partial charge in [-0.3, -0.25) is 0 Å². The van der Waals surface area contributed by atoms with Crippen molar-refractivity contribution in [2.45, 2.75) is 45.1 Å². The molecule has 1 unspecified atom stereocenters. The third-order valence-corrected chi connectivity index (χ3v) is 4.52. The van der Waals surface area contributed by atoms with Crippen LogP contribution in [0.3, 0.4) is 0 Å². The number of aliphatic hydroxyl groups is 1. The molecule has 5 heteroatoms. The topological polar surface area (TPSA) is 66.4 Å². The average Bonchev–Trinajstić information content (AvgIpc) is 2.28. The van der Waals surface area contributed by atoms with Crippen molar-refractivity contribution in [1.29, 1.82) is 0 Å². The zero-order valence-corrected chi connectivity index (χ0v) is 12.8. The first-order chi connectivity index (χ1) is 8.63. The molecule has 1 aromatic carbocycles. The van der Waals surface area contributed by atoms with E-state index >= 15 is 0 Å². The van der Waals surface area contributed by atoms with Gasteiger partial charge in [-0.15, -0.1) is 0 Å². The van der Waals surface area contributed by atoms with Gasteiger partial charge in [0.25, 0.3) is 0 Å². The highest BCUT2D eigenvalue weighted by atomic mass is 32.2. The van der Waals surface area contributed by atoms with Gasteiger partial charge < -0.3 is 5.11 Å². The minimum atomic E-state index is -3.48. The van der Waals surface area contributed by atoms with Crippen LogP contribution in [0.1, 0.15) is 32.8 Å². The number of aliphatic hydroxyl groups excluding tert-OH is 1. The van der Waals surface area contributed by atoms with Gasteiger partial charge in [0, 0.05) is 6.54 Å². The predicted octanol–water partition coefficient (Wildman–Crippen LogP) is 2.07. The van der Waals surface area contributed by atoms with Crippen LogP contribution in [0, 0.1) is 12.3 Å². The summed E-state index contributed by atoms with van der Waals surface area (Å²) in [6.45, 7) is 7.91. The molecule has 1 atom stereocenters. The maximum atomic E-state index is 12.0. The van der Waals surface area contributed by atoms with Crippen LogP contribution in [0.5, 0.6) is 0 Å². The minimum Gasteiger partial charge on any atom is -0.393 e. The summed E-state index contributed by atoms with van der Waals surface area (Å²) >= 11 is 0. The Bertz CT molecular complexity index is 500. The molecule has 0 saturated heterocycles. The quantitative estimate of drug-likeness (QED) is 0.870. The SMILES string of the molecule is Cc1ccc(S(=O)(=O)NCCC(O)C(C)(C)C)cc1. The van der Waals surface area contributed by atoms with E-state index in [1.165, 1.54) is 0 Å². The average molecular weight is 285 g/mol. The summed E-state index contributed by atoms with van der Waals surface area (Å²) in [5.41, 5.74) is 0.775. The van der Waals surface area contributed by atoms with Crippen LogP contribution in [-0.4, -0.2) is 26.2 Å². The number of aryl methyl sites for hydroxylation is 1. The molecular formula is C14H23NO3S. The van der Waals surface area contributed by atoms with Gasteiger partial charge in [0.05, 0.1) is 11.0 Å². The molecule has 0 fully saturated rings. The van der Waals surface area contributed by atoms with Crippen molar-refractivity contribution in [3.63, 3.8) is 0 Å². The highest BCUT2D eigenvalue weighted by Gasteiger charge is 2.22. The monoisotopic (exact) mass is 285 g/mol. The first-order valence-electron chi connectivity index (χ1n) is 6.37. The molecule has 108 valence electrons. The van der Waals surface area contributed by atoms with E-state index in [0.717, 1.165) is 5.56 Å². The molecule has 1 aromatic rings. The number of hydrogen-bond donors (Lipinski definition) is 2. The number of sulfonamides is 1. The number of benzene rings is 1. The Morgan fingerprint density at radius 2 is 1.74 bits per heavy atom. The lowest BCUT2D eigenvalue weighted by Crippen LogP contribution is -2.32. The molecule has 0 aliphatic carbocycles. The fourth-order valence-electron chi connectivity index (χ4n) is 1.56. The maximum absolute atomic E-state index is 12.0. The van der Waals surface area contributed by atoms with Crippen molar-refractivity contribution >= 4 is 10.0 Å². The van der Waals surface area contributed by atoms with E-state index in [1.54, 1.807) is 24.3 Å². The van der Waals surface area contributed by atoms with Crippen molar-refractivity contribution in [2.24, 2.45) is 5.41 Å². The first-order valence-corrected chi connectivity index (χ1v) is 7.85. The number of rotatable bonds is 5. The van der Waals surface area contributed by atoms with E-state index < -0.39 is 16.1 Å². The summed E-state index contributed by atoms with van der Waals surface area (Å²) < 4.78 is 26.5. The second kappa shape index (κ2) is 6.03. The van der Waals surface area contributed by atoms with Crippen LogP contribution in [-0.2, 0) is 10.0 Å². The van der Waals surface area contributed by atoms with Crippen molar-refractivity contribution in [3.8, 4) is 0 Å². The minimum absolute atomic E-state index is 0.231. The lowest BCUT2D eigenvalue weighted by Gasteiger charge is -2.25. The molecule has 1 rings (SSSR count). The molecule has 4 nitrogen and oxygen atoms in total. The number of hydrogen-bond acceptors (Lipinski definition) is 3. The summed E-state index contributed by atoms with van der Waals surface area (Å²) in [6, 6.07) is 6.69. The highest BCUT2D eigenvalue weighted by molar-refractivity contribution is 7.89. The molecular weight excluding hydrogens is 262 g/mol. The lowest BCUT2D eigenvalue weighted by atomic mass is 9.87. The standard InChI is InChI=1S/C14H23NO3S/c1-11-5-7-12(8-6-11)19(17,18)15-10-9-13(16)14(2,3)4/h5-8,13,15-16H,9-10H2,1-4H3. The van der Waals surface area contributed by atoms with E-state index in [0.29, 0.717) is 6.42 Å². The van der Waals surface area contributed by atoms with Gasteiger partial charge in [0.15, 0.2) is 0 Å². The molecule has 0 saturated carbocycles. The van der Waals surface area contributed by atoms with Crippen LogP contribution in [0.15, 0.2) is 29.2 Å². The fraction of sp³-hybridized carbons (Fsp3) is 0.571. The lowest BCUT2D eigenvalue weighted by molar-refractivity contribution is 0.0571. The van der Waals surface area contributed by atoms with Gasteiger partial charge in [-0.25, -0.2) is 13.1 Å². The fourth-order valence-corrected chi connectivity index (χ4v) is 2.61. The summed E-state index contributed by atoms with van der Waals surface area (Å²) in [4.78, 5) is 0.253. The van der Waals surface area contributed by atoms with Gasteiger partial charge in [0.2, 0.25) is 10.0 Å². The van der Waals surface area contributed by atoms with Crippen molar-refractivity contribution in [3.05, 3.63) is 29.8 Å². The Morgan fingerprint density at radius 3 is 2.21 bits per heavy atom. The molecule has 0 aromatic heterocycles. The van der Waals surface area contributed by atoms with E-state index in [1.807, 2.05) is 27.7 Å². The molecule has 0 spiro atoms. The summed E-state index contributed by atoms with van der Waals surface area (Å²) in [5, 5.41) is 9.85. The molecule has 0 bridgehead atoms. The van der Waals surface area contributed by atoms with Crippen molar-refractivity contribution in [2.75, 3.05) is 6.54 Å². The smallest absolute Gasteiger partial charge is 0.240 e. The summed E-state index contributed by atoms with van der Waals surface area (Å²) in [5.74, 6) is 0. The Morgan fingerprint density at radius 1 is 1.21 bits per heavy atom. The Kier molecular flexibility index (Phi) is 5.12. The number of nitrogens with one attached hydrogen (secondary N) is 1. The zero-order valence-electron chi connectivity index (χ0n) is 12.0. The Labute approximate surface area is 115 Å². The van der Waals surface area contributed by atoms with Gasteiger partial charge in [-0.2, -0.15) is 0 Å². The molecule has 0 aliphatic rings. The second-order valence-electron chi connectivity index (χ2n) is 5.88. The Balaban J connectivity index is 2.60. The van der Waals surface area contributed by atoms with E-state index in [2.05, 4.69) is 4.72 Å². The molecule has 0 radical (unpaired) electrons. The van der Waals surface area contributed by atoms with Crippen LogP contribution in [0.25, 0.3) is 0 Å². The van der Waals surface area contributed by atoms with Gasteiger partial charge in [-0.05, 0) is 30.9 Å². The molecule has 19 heavy (non-hydrogen) atoms. The molecule has 0 aliphatic heterocycles. The largest absolute Gasteiger partial charge is 0.393 e. The molecule has 2 N–H and O–H groups in total. The van der Waals surface area contributed by atoms with Gasteiger partial charge >= 0.3 is 0 Å². The van der Waals surface area contributed by atoms with Gasteiger partial charge in [-0.1, -0.05) is 38.5 Å². The second-order valence-corrected chi connectivity index (χ2v) is 7.65. The molecule has 0 heterocycles. The van der Waals surface area contributed by atoms with Gasteiger partial charge in [0.1, 0.15) is 0 Å². The maximum Gasteiger partial charge on any atom is 0.240 e. The third-order valence-electron chi connectivity index (χ3n) is 3.04. The summed E-state index contributed by atoms with van der Waals surface area (Å²) in [7, 11) is -3.48. The van der Waals surface area contributed by atoms with E-state index in [9.17, 15) is 13.5 Å². The van der Waals surface area contributed by atoms with Crippen molar-refractivity contribution < 1.29 is 13.5 Å². The van der Waals surface area contributed by atoms with Crippen LogP contribution in [0.4, 0.5) is 0 Å². The van der Waals surface area contributed by atoms with E-state index in [-0.39, 0.29) is 16.9 Å². The normalized spacial score (nSPS) is 14.4.